The van der Waals surface area contributed by atoms with E-state index < -0.39 is 22.4 Å². The molecule has 1 aromatic carbocycles. The summed E-state index contributed by atoms with van der Waals surface area (Å²) in [6.45, 7) is 4.60. The van der Waals surface area contributed by atoms with Crippen LogP contribution < -0.4 is 5.73 Å². The van der Waals surface area contributed by atoms with Crippen LogP contribution in [0.3, 0.4) is 0 Å². The number of nitrogens with two attached hydrogens (primary N) is 1. The van der Waals surface area contributed by atoms with E-state index in [1.165, 1.54) is 0 Å². The molecular weight excluding hydrogens is 256 g/mol. The van der Waals surface area contributed by atoms with E-state index >= 15 is 0 Å². The molecule has 0 spiro atoms. The van der Waals surface area contributed by atoms with Gasteiger partial charge in [-0.1, -0.05) is 13.8 Å². The average Bonchev–Trinajstić information content (AvgIpc) is 2.32. The lowest BCUT2D eigenvalue weighted by Gasteiger charge is -2.21. The second-order valence-corrected chi connectivity index (χ2v) is 6.64. The van der Waals surface area contributed by atoms with Gasteiger partial charge in [0.1, 0.15) is 11.6 Å². The van der Waals surface area contributed by atoms with E-state index in [9.17, 15) is 13.0 Å². The molecule has 0 heterocycles. The number of hydrogen-bond donors (Lipinski definition) is 1. The molecule has 5 heteroatoms. The second-order valence-electron chi connectivity index (χ2n) is 5.10. The molecule has 0 saturated heterocycles. The van der Waals surface area contributed by atoms with E-state index in [1.54, 1.807) is 0 Å². The van der Waals surface area contributed by atoms with Crippen LogP contribution in [0.2, 0.25) is 0 Å². The summed E-state index contributed by atoms with van der Waals surface area (Å²) in [4.78, 5) is -0.0550. The van der Waals surface area contributed by atoms with E-state index in [4.69, 9.17) is 5.73 Å². The van der Waals surface area contributed by atoms with Crippen molar-refractivity contribution < 1.29 is 13.0 Å². The van der Waals surface area contributed by atoms with Gasteiger partial charge in [-0.2, -0.15) is 0 Å². The molecule has 2 N–H and O–H groups in total. The molecule has 0 fully saturated rings. The van der Waals surface area contributed by atoms with Crippen molar-refractivity contribution in [3.05, 3.63) is 29.8 Å². The SMILES string of the molecule is CC(C)(CN)CCCS(=O)c1cc(F)ccc1F. The quantitative estimate of drug-likeness (QED) is 0.867. The molecule has 0 radical (unpaired) electrons. The Morgan fingerprint density at radius 3 is 2.61 bits per heavy atom. The maximum absolute atomic E-state index is 13.4. The summed E-state index contributed by atoms with van der Waals surface area (Å²) in [6, 6.07) is 3.03. The Kier molecular flexibility index (Phi) is 5.41. The minimum Gasteiger partial charge on any atom is -0.330 e. The number of halogens is 2. The van der Waals surface area contributed by atoms with Gasteiger partial charge in [0.15, 0.2) is 0 Å². The number of rotatable bonds is 6. The molecule has 0 bridgehead atoms. The zero-order chi connectivity index (χ0) is 13.8. The molecule has 0 amide bonds. The maximum Gasteiger partial charge on any atom is 0.139 e. The topological polar surface area (TPSA) is 43.1 Å². The van der Waals surface area contributed by atoms with Crippen LogP contribution in [0.4, 0.5) is 8.78 Å². The minimum absolute atomic E-state index is 0.00924. The Morgan fingerprint density at radius 2 is 2.00 bits per heavy atom. The van der Waals surface area contributed by atoms with Crippen LogP contribution in [0, 0.1) is 17.0 Å². The molecule has 1 rings (SSSR count). The zero-order valence-electron chi connectivity index (χ0n) is 10.7. The van der Waals surface area contributed by atoms with Gasteiger partial charge in [-0.05, 0) is 43.0 Å². The van der Waals surface area contributed by atoms with Crippen molar-refractivity contribution in [3.8, 4) is 0 Å². The van der Waals surface area contributed by atoms with Crippen molar-refractivity contribution >= 4 is 10.8 Å². The van der Waals surface area contributed by atoms with Crippen molar-refractivity contribution in [2.45, 2.75) is 31.6 Å². The van der Waals surface area contributed by atoms with Gasteiger partial charge in [0.25, 0.3) is 0 Å². The Bertz CT molecular complexity index is 435. The predicted molar refractivity (Wildman–Crippen MR) is 69.7 cm³/mol. The first-order valence-electron chi connectivity index (χ1n) is 5.89. The van der Waals surface area contributed by atoms with Crippen LogP contribution in [0.5, 0.6) is 0 Å². The number of hydrogen-bond acceptors (Lipinski definition) is 2. The molecule has 102 valence electrons. The highest BCUT2D eigenvalue weighted by Gasteiger charge is 2.17. The minimum atomic E-state index is -1.50. The van der Waals surface area contributed by atoms with Crippen LogP contribution in [0.1, 0.15) is 26.7 Å². The molecular formula is C13H19F2NOS. The molecule has 0 saturated carbocycles. The van der Waals surface area contributed by atoms with Gasteiger partial charge >= 0.3 is 0 Å². The van der Waals surface area contributed by atoms with E-state index in [-0.39, 0.29) is 10.3 Å². The molecule has 0 aliphatic carbocycles. The highest BCUT2D eigenvalue weighted by atomic mass is 32.2. The third-order valence-corrected chi connectivity index (χ3v) is 4.34. The van der Waals surface area contributed by atoms with Crippen molar-refractivity contribution in [3.63, 3.8) is 0 Å². The average molecular weight is 275 g/mol. The van der Waals surface area contributed by atoms with Gasteiger partial charge in [0.2, 0.25) is 0 Å². The van der Waals surface area contributed by atoms with E-state index in [2.05, 4.69) is 0 Å². The molecule has 1 aromatic rings. The first-order chi connectivity index (χ1) is 8.35. The van der Waals surface area contributed by atoms with Crippen LogP contribution in [-0.2, 0) is 10.8 Å². The Hall–Kier alpha value is -0.810. The van der Waals surface area contributed by atoms with Gasteiger partial charge in [-0.25, -0.2) is 8.78 Å². The summed E-state index contributed by atoms with van der Waals surface area (Å²) in [7, 11) is -1.50. The lowest BCUT2D eigenvalue weighted by atomic mass is 9.88. The zero-order valence-corrected chi connectivity index (χ0v) is 11.5. The van der Waals surface area contributed by atoms with Crippen molar-refractivity contribution in [1.29, 1.82) is 0 Å². The monoisotopic (exact) mass is 275 g/mol. The summed E-state index contributed by atoms with van der Waals surface area (Å²) in [6.07, 6.45) is 1.49. The normalized spacial score (nSPS) is 13.6. The van der Waals surface area contributed by atoms with Crippen LogP contribution in [0.15, 0.2) is 23.1 Å². The van der Waals surface area contributed by atoms with Crippen LogP contribution in [0.25, 0.3) is 0 Å². The summed E-state index contributed by atoms with van der Waals surface area (Å²) < 4.78 is 38.2. The lowest BCUT2D eigenvalue weighted by molar-refractivity contribution is 0.344. The molecule has 18 heavy (non-hydrogen) atoms. The molecule has 0 aliphatic heterocycles. The van der Waals surface area contributed by atoms with Gasteiger partial charge < -0.3 is 5.73 Å². The Morgan fingerprint density at radius 1 is 1.33 bits per heavy atom. The third kappa shape index (κ3) is 4.46. The molecule has 1 unspecified atom stereocenters. The summed E-state index contributed by atoms with van der Waals surface area (Å²) in [5.41, 5.74) is 5.58. The largest absolute Gasteiger partial charge is 0.330 e. The first-order valence-corrected chi connectivity index (χ1v) is 7.21. The fourth-order valence-corrected chi connectivity index (χ4v) is 2.70. The number of benzene rings is 1. The fraction of sp³-hybridized carbons (Fsp3) is 0.538. The van der Waals surface area contributed by atoms with Crippen LogP contribution >= 0.6 is 0 Å². The molecule has 1 atom stereocenters. The van der Waals surface area contributed by atoms with E-state index in [0.717, 1.165) is 24.6 Å². The van der Waals surface area contributed by atoms with Crippen molar-refractivity contribution in [2.75, 3.05) is 12.3 Å². The molecule has 2 nitrogen and oxygen atoms in total. The second kappa shape index (κ2) is 6.38. The fourth-order valence-electron chi connectivity index (χ4n) is 1.55. The highest BCUT2D eigenvalue weighted by Crippen LogP contribution is 2.22. The van der Waals surface area contributed by atoms with Crippen molar-refractivity contribution in [2.24, 2.45) is 11.1 Å². The third-order valence-electron chi connectivity index (χ3n) is 2.87. The van der Waals surface area contributed by atoms with Crippen molar-refractivity contribution in [1.82, 2.24) is 0 Å². The standard InChI is InChI=1S/C13H19F2NOS/c1-13(2,9-16)6-3-7-18(17)12-8-10(14)4-5-11(12)15/h4-5,8H,3,6-7,9,16H2,1-2H3. The van der Waals surface area contributed by atoms with Crippen LogP contribution in [-0.4, -0.2) is 16.5 Å². The summed E-state index contributed by atoms with van der Waals surface area (Å²) in [5, 5.41) is 0. The van der Waals surface area contributed by atoms with E-state index in [0.29, 0.717) is 18.7 Å². The molecule has 0 aromatic heterocycles. The highest BCUT2D eigenvalue weighted by molar-refractivity contribution is 7.85. The Balaban J connectivity index is 2.58. The van der Waals surface area contributed by atoms with Gasteiger partial charge in [-0.3, -0.25) is 4.21 Å². The van der Waals surface area contributed by atoms with E-state index in [1.807, 2.05) is 13.8 Å². The maximum atomic E-state index is 13.4. The van der Waals surface area contributed by atoms with Gasteiger partial charge in [0.05, 0.1) is 15.7 Å². The molecule has 0 aliphatic rings. The van der Waals surface area contributed by atoms with Gasteiger partial charge in [0, 0.05) is 5.75 Å². The Labute approximate surface area is 109 Å². The van der Waals surface area contributed by atoms with Gasteiger partial charge in [-0.15, -0.1) is 0 Å². The predicted octanol–water partition coefficient (Wildman–Crippen LogP) is 2.84. The first kappa shape index (κ1) is 15.2. The summed E-state index contributed by atoms with van der Waals surface area (Å²) in [5.74, 6) is -0.862. The lowest BCUT2D eigenvalue weighted by Crippen LogP contribution is -2.23. The smallest absolute Gasteiger partial charge is 0.139 e. The summed E-state index contributed by atoms with van der Waals surface area (Å²) >= 11 is 0.